The van der Waals surface area contributed by atoms with E-state index in [2.05, 4.69) is 5.32 Å². The van der Waals surface area contributed by atoms with E-state index < -0.39 is 17.2 Å². The summed E-state index contributed by atoms with van der Waals surface area (Å²) in [5.74, 6) is -0.581. The van der Waals surface area contributed by atoms with Crippen LogP contribution in [0.4, 0.5) is 0 Å². The first-order valence-corrected chi connectivity index (χ1v) is 6.47. The molecule has 5 heteroatoms. The number of amides is 2. The largest absolute Gasteiger partial charge is 0.466 e. The normalized spacial score (nSPS) is 10.2. The Bertz CT molecular complexity index is 732. The molecule has 1 aromatic carbocycles. The SMILES string of the molecule is Cc1cc(=O)c(C(=O)NC(=O)Cc2ccccc2)c(C)o1. The molecule has 0 saturated carbocycles. The van der Waals surface area contributed by atoms with Gasteiger partial charge in [0.2, 0.25) is 5.91 Å². The molecule has 0 aliphatic rings. The summed E-state index contributed by atoms with van der Waals surface area (Å²) >= 11 is 0. The Morgan fingerprint density at radius 1 is 1.14 bits per heavy atom. The molecule has 0 aliphatic carbocycles. The second-order valence-electron chi connectivity index (χ2n) is 4.69. The second-order valence-corrected chi connectivity index (χ2v) is 4.69. The quantitative estimate of drug-likeness (QED) is 0.932. The van der Waals surface area contributed by atoms with Gasteiger partial charge in [-0.05, 0) is 19.4 Å². The lowest BCUT2D eigenvalue weighted by Crippen LogP contribution is -2.35. The number of hydrogen-bond acceptors (Lipinski definition) is 4. The summed E-state index contributed by atoms with van der Waals surface area (Å²) in [5.41, 5.74) is 0.193. The summed E-state index contributed by atoms with van der Waals surface area (Å²) in [4.78, 5) is 35.6. The molecule has 0 saturated heterocycles. The standard InChI is InChI=1S/C16H15NO4/c1-10-8-13(18)15(11(2)21-10)16(20)17-14(19)9-12-6-4-3-5-7-12/h3-8H,9H2,1-2H3,(H,17,19,20). The third kappa shape index (κ3) is 3.66. The number of benzene rings is 1. The Labute approximate surface area is 121 Å². The van der Waals surface area contributed by atoms with E-state index in [4.69, 9.17) is 4.42 Å². The van der Waals surface area contributed by atoms with E-state index in [-0.39, 0.29) is 17.7 Å². The van der Waals surface area contributed by atoms with E-state index in [1.807, 2.05) is 18.2 Å². The number of imide groups is 1. The molecule has 21 heavy (non-hydrogen) atoms. The lowest BCUT2D eigenvalue weighted by atomic mass is 10.1. The number of aryl methyl sites for hydroxylation is 2. The van der Waals surface area contributed by atoms with Gasteiger partial charge >= 0.3 is 0 Å². The summed E-state index contributed by atoms with van der Waals surface area (Å²) in [6.45, 7) is 3.14. The van der Waals surface area contributed by atoms with Gasteiger partial charge in [0.1, 0.15) is 17.1 Å². The van der Waals surface area contributed by atoms with Crippen LogP contribution < -0.4 is 10.7 Å². The Kier molecular flexibility index (Phi) is 4.33. The molecule has 0 spiro atoms. The van der Waals surface area contributed by atoms with Crippen LogP contribution in [-0.2, 0) is 11.2 Å². The van der Waals surface area contributed by atoms with E-state index >= 15 is 0 Å². The molecule has 0 radical (unpaired) electrons. The van der Waals surface area contributed by atoms with Gasteiger partial charge in [-0.2, -0.15) is 0 Å². The third-order valence-corrected chi connectivity index (χ3v) is 2.93. The Morgan fingerprint density at radius 2 is 1.81 bits per heavy atom. The average molecular weight is 285 g/mol. The summed E-state index contributed by atoms with van der Waals surface area (Å²) < 4.78 is 5.24. The zero-order valence-corrected chi connectivity index (χ0v) is 11.8. The summed E-state index contributed by atoms with van der Waals surface area (Å²) in [7, 11) is 0. The molecule has 1 aromatic heterocycles. The van der Waals surface area contributed by atoms with Gasteiger partial charge in [0, 0.05) is 6.07 Å². The first kappa shape index (κ1) is 14.7. The van der Waals surface area contributed by atoms with Crippen molar-refractivity contribution in [3.63, 3.8) is 0 Å². The molecule has 1 N–H and O–H groups in total. The van der Waals surface area contributed by atoms with Crippen molar-refractivity contribution >= 4 is 11.8 Å². The molecule has 2 amide bonds. The van der Waals surface area contributed by atoms with E-state index in [1.165, 1.54) is 13.0 Å². The highest BCUT2D eigenvalue weighted by Crippen LogP contribution is 2.06. The molecule has 0 unspecified atom stereocenters. The number of carbonyl (C=O) groups is 2. The van der Waals surface area contributed by atoms with Crippen LogP contribution in [0.2, 0.25) is 0 Å². The van der Waals surface area contributed by atoms with E-state index in [0.29, 0.717) is 5.76 Å². The maximum Gasteiger partial charge on any atom is 0.265 e. The summed E-state index contributed by atoms with van der Waals surface area (Å²) in [6.07, 6.45) is 0.0722. The number of hydrogen-bond donors (Lipinski definition) is 1. The van der Waals surface area contributed by atoms with Gasteiger partial charge < -0.3 is 4.42 Å². The van der Waals surface area contributed by atoms with E-state index in [0.717, 1.165) is 5.56 Å². The van der Waals surface area contributed by atoms with Gasteiger partial charge in [0.05, 0.1) is 6.42 Å². The van der Waals surface area contributed by atoms with Crippen LogP contribution in [0.15, 0.2) is 45.6 Å². The zero-order chi connectivity index (χ0) is 15.4. The first-order valence-electron chi connectivity index (χ1n) is 6.47. The van der Waals surface area contributed by atoms with Crippen molar-refractivity contribution in [2.75, 3.05) is 0 Å². The Balaban J connectivity index is 2.12. The molecule has 5 nitrogen and oxygen atoms in total. The van der Waals surface area contributed by atoms with Gasteiger partial charge in [-0.15, -0.1) is 0 Å². The van der Waals surface area contributed by atoms with Crippen LogP contribution in [-0.4, -0.2) is 11.8 Å². The van der Waals surface area contributed by atoms with Gasteiger partial charge in [0.15, 0.2) is 5.43 Å². The van der Waals surface area contributed by atoms with Crippen molar-refractivity contribution in [3.05, 3.63) is 69.3 Å². The highest BCUT2D eigenvalue weighted by Gasteiger charge is 2.18. The van der Waals surface area contributed by atoms with Crippen molar-refractivity contribution in [1.29, 1.82) is 0 Å². The fourth-order valence-corrected chi connectivity index (χ4v) is 2.04. The predicted octanol–water partition coefficient (Wildman–Crippen LogP) is 1.76. The van der Waals surface area contributed by atoms with Crippen LogP contribution in [0, 0.1) is 13.8 Å². The minimum atomic E-state index is -0.734. The molecular formula is C16H15NO4. The molecule has 1 heterocycles. The average Bonchev–Trinajstić information content (AvgIpc) is 2.38. The summed E-state index contributed by atoms with van der Waals surface area (Å²) in [6, 6.07) is 10.3. The number of rotatable bonds is 3. The van der Waals surface area contributed by atoms with Gasteiger partial charge in [-0.1, -0.05) is 30.3 Å². The molecule has 108 valence electrons. The molecule has 0 aliphatic heterocycles. The monoisotopic (exact) mass is 285 g/mol. The molecule has 0 atom stereocenters. The maximum absolute atomic E-state index is 12.0. The summed E-state index contributed by atoms with van der Waals surface area (Å²) in [5, 5.41) is 2.21. The van der Waals surface area contributed by atoms with Crippen LogP contribution in [0.1, 0.15) is 27.4 Å². The smallest absolute Gasteiger partial charge is 0.265 e. The highest BCUT2D eigenvalue weighted by molar-refractivity contribution is 6.05. The first-order chi connectivity index (χ1) is 9.97. The minimum Gasteiger partial charge on any atom is -0.466 e. The fourth-order valence-electron chi connectivity index (χ4n) is 2.04. The fraction of sp³-hybridized carbons (Fsp3) is 0.188. The van der Waals surface area contributed by atoms with E-state index in [1.54, 1.807) is 19.1 Å². The topological polar surface area (TPSA) is 76.4 Å². The second kappa shape index (κ2) is 6.17. The number of nitrogens with one attached hydrogen (secondary N) is 1. The van der Waals surface area contributed by atoms with Crippen molar-refractivity contribution < 1.29 is 14.0 Å². The van der Waals surface area contributed by atoms with Crippen molar-refractivity contribution in [3.8, 4) is 0 Å². The zero-order valence-electron chi connectivity index (χ0n) is 11.8. The van der Waals surface area contributed by atoms with Crippen LogP contribution in [0.5, 0.6) is 0 Å². The third-order valence-electron chi connectivity index (χ3n) is 2.93. The molecular weight excluding hydrogens is 270 g/mol. The van der Waals surface area contributed by atoms with Crippen LogP contribution in [0.25, 0.3) is 0 Å². The van der Waals surface area contributed by atoms with Crippen molar-refractivity contribution in [2.24, 2.45) is 0 Å². The number of carbonyl (C=O) groups excluding carboxylic acids is 2. The van der Waals surface area contributed by atoms with Gasteiger partial charge in [-0.3, -0.25) is 19.7 Å². The van der Waals surface area contributed by atoms with Crippen molar-refractivity contribution in [2.45, 2.75) is 20.3 Å². The molecule has 2 aromatic rings. The predicted molar refractivity (Wildman–Crippen MR) is 77.1 cm³/mol. The molecule has 2 rings (SSSR count). The van der Waals surface area contributed by atoms with Crippen molar-refractivity contribution in [1.82, 2.24) is 5.32 Å². The van der Waals surface area contributed by atoms with Gasteiger partial charge in [0.25, 0.3) is 5.91 Å². The maximum atomic E-state index is 12.0. The molecule has 0 bridgehead atoms. The lowest BCUT2D eigenvalue weighted by Gasteiger charge is -2.06. The van der Waals surface area contributed by atoms with E-state index in [9.17, 15) is 14.4 Å². The minimum absolute atomic E-state index is 0.0722. The lowest BCUT2D eigenvalue weighted by molar-refractivity contribution is -0.119. The highest BCUT2D eigenvalue weighted by atomic mass is 16.3. The Hall–Kier alpha value is -2.69. The Morgan fingerprint density at radius 3 is 2.43 bits per heavy atom. The van der Waals surface area contributed by atoms with Crippen LogP contribution in [0.3, 0.4) is 0 Å². The molecule has 0 fully saturated rings. The van der Waals surface area contributed by atoms with Crippen LogP contribution >= 0.6 is 0 Å². The van der Waals surface area contributed by atoms with Gasteiger partial charge in [-0.25, -0.2) is 0 Å².